The summed E-state index contributed by atoms with van der Waals surface area (Å²) in [5.41, 5.74) is 3.00. The summed E-state index contributed by atoms with van der Waals surface area (Å²) in [6.07, 6.45) is 11.5. The largest absolute Gasteiger partial charge is 0.463 e. The van der Waals surface area contributed by atoms with Gasteiger partial charge < -0.3 is 20.1 Å². The Hall–Kier alpha value is -3.36. The molecule has 264 valence electrons. The zero-order valence-electron chi connectivity index (χ0n) is 29.4. The molecule has 1 aromatic heterocycles. The summed E-state index contributed by atoms with van der Waals surface area (Å²) in [6.45, 7) is 9.36. The van der Waals surface area contributed by atoms with Crippen LogP contribution in [0.15, 0.2) is 18.2 Å². The number of rotatable bonds is 8. The molecule has 2 N–H and O–H groups in total. The van der Waals surface area contributed by atoms with Crippen molar-refractivity contribution in [1.82, 2.24) is 25.1 Å². The summed E-state index contributed by atoms with van der Waals surface area (Å²) in [4.78, 5) is 17.3. The monoisotopic (exact) mass is 682 g/mol. The SMILES string of the molecule is C#Cc1c(F)ccc2c1C(c1c(C(C)C)cc3c(N4CC5CCC(C4)N5)nc(OCC4(CN5CC6CC(C5)N6C)CC4)nc3c1F)C[C@H](O)C2. The topological polar surface area (TPSA) is 77.0 Å². The van der Waals surface area contributed by atoms with Crippen LogP contribution in [0.1, 0.15) is 92.0 Å². The number of nitrogens with zero attached hydrogens (tertiary/aromatic N) is 5. The average Bonchev–Trinajstić information content (AvgIpc) is 3.79. The molecular formula is C40H48F2N6O2. The smallest absolute Gasteiger partial charge is 0.319 e. The molecule has 4 bridgehead atoms. The second-order valence-corrected chi connectivity index (χ2v) is 16.6. The molecule has 50 heavy (non-hydrogen) atoms. The number of piperidine rings is 1. The Bertz CT molecular complexity index is 1870. The third-order valence-corrected chi connectivity index (χ3v) is 12.8. The lowest BCUT2D eigenvalue weighted by atomic mass is 9.73. The lowest BCUT2D eigenvalue weighted by Gasteiger charge is -2.55. The Balaban J connectivity index is 1.13. The number of fused-ring (bicyclic) bond motifs is 6. The minimum absolute atomic E-state index is 0.0624. The first kappa shape index (κ1) is 32.5. The number of hydrogen-bond donors (Lipinski definition) is 2. The third kappa shape index (κ3) is 5.47. The lowest BCUT2D eigenvalue weighted by molar-refractivity contribution is -0.0581. The van der Waals surface area contributed by atoms with E-state index in [-0.39, 0.29) is 34.8 Å². The molecule has 0 spiro atoms. The highest BCUT2D eigenvalue weighted by molar-refractivity contribution is 5.92. The zero-order chi connectivity index (χ0) is 34.5. The summed E-state index contributed by atoms with van der Waals surface area (Å²) >= 11 is 0. The highest BCUT2D eigenvalue weighted by Gasteiger charge is 2.49. The van der Waals surface area contributed by atoms with E-state index < -0.39 is 23.7 Å². The first-order valence-corrected chi connectivity index (χ1v) is 18.7. The maximum absolute atomic E-state index is 17.6. The summed E-state index contributed by atoms with van der Waals surface area (Å²) in [5.74, 6) is 1.60. The number of hydrogen-bond acceptors (Lipinski definition) is 8. The molecular weight excluding hydrogens is 634 g/mol. The minimum atomic E-state index is -0.712. The Labute approximate surface area is 293 Å². The number of aliphatic hydroxyl groups is 1. The molecule has 6 heterocycles. The Morgan fingerprint density at radius 2 is 1.80 bits per heavy atom. The summed E-state index contributed by atoms with van der Waals surface area (Å²) in [7, 11) is 2.24. The summed E-state index contributed by atoms with van der Waals surface area (Å²) in [5, 5.41) is 15.4. The number of terminal acetylenes is 1. The van der Waals surface area contributed by atoms with Gasteiger partial charge in [0, 0.05) is 79.2 Å². The van der Waals surface area contributed by atoms with Crippen LogP contribution >= 0.6 is 0 Å². The molecule has 1 saturated carbocycles. The van der Waals surface area contributed by atoms with E-state index in [2.05, 4.69) is 33.0 Å². The fourth-order valence-electron chi connectivity index (χ4n) is 9.91. The molecule has 3 aromatic rings. The first-order valence-electron chi connectivity index (χ1n) is 18.7. The van der Waals surface area contributed by atoms with Crippen molar-refractivity contribution in [1.29, 1.82) is 0 Å². The number of nitrogens with one attached hydrogen (secondary N) is 1. The molecule has 0 amide bonds. The zero-order valence-corrected chi connectivity index (χ0v) is 29.4. The van der Waals surface area contributed by atoms with E-state index in [1.54, 1.807) is 6.07 Å². The van der Waals surface area contributed by atoms with Crippen molar-refractivity contribution in [2.45, 2.75) is 101 Å². The van der Waals surface area contributed by atoms with E-state index in [9.17, 15) is 5.11 Å². The van der Waals surface area contributed by atoms with Crippen LogP contribution in [0.3, 0.4) is 0 Å². The number of aromatic nitrogens is 2. The van der Waals surface area contributed by atoms with Gasteiger partial charge in [-0.05, 0) is 86.7 Å². The van der Waals surface area contributed by atoms with E-state index in [1.165, 1.54) is 12.5 Å². The third-order valence-electron chi connectivity index (χ3n) is 12.8. The van der Waals surface area contributed by atoms with Crippen LogP contribution in [0.4, 0.5) is 14.6 Å². The highest BCUT2D eigenvalue weighted by atomic mass is 19.1. The van der Waals surface area contributed by atoms with Gasteiger partial charge in [0.05, 0.1) is 18.3 Å². The van der Waals surface area contributed by atoms with Gasteiger partial charge in [-0.15, -0.1) is 6.42 Å². The molecule has 5 unspecified atom stereocenters. The van der Waals surface area contributed by atoms with E-state index in [0.717, 1.165) is 69.5 Å². The van der Waals surface area contributed by atoms with Crippen LogP contribution in [0.25, 0.3) is 10.9 Å². The molecule has 5 aliphatic heterocycles. The molecule has 2 aliphatic carbocycles. The second kappa shape index (κ2) is 12.1. The van der Waals surface area contributed by atoms with Gasteiger partial charge in [-0.1, -0.05) is 25.8 Å². The van der Waals surface area contributed by atoms with Crippen molar-refractivity contribution in [3.8, 4) is 18.4 Å². The number of benzene rings is 2. The number of anilines is 1. The van der Waals surface area contributed by atoms with Crippen molar-refractivity contribution >= 4 is 16.7 Å². The predicted molar refractivity (Wildman–Crippen MR) is 190 cm³/mol. The quantitative estimate of drug-likeness (QED) is 0.324. The maximum atomic E-state index is 17.6. The molecule has 7 aliphatic rings. The van der Waals surface area contributed by atoms with Crippen LogP contribution in [-0.2, 0) is 6.42 Å². The normalized spacial score (nSPS) is 29.9. The van der Waals surface area contributed by atoms with Gasteiger partial charge in [-0.3, -0.25) is 9.80 Å². The van der Waals surface area contributed by atoms with E-state index in [1.807, 2.05) is 19.9 Å². The van der Waals surface area contributed by atoms with Gasteiger partial charge in [-0.2, -0.15) is 9.97 Å². The number of aliphatic hydroxyl groups excluding tert-OH is 1. The van der Waals surface area contributed by atoms with Crippen LogP contribution in [0.5, 0.6) is 6.01 Å². The Morgan fingerprint density at radius 1 is 1.06 bits per heavy atom. The van der Waals surface area contributed by atoms with Gasteiger partial charge in [0.2, 0.25) is 0 Å². The van der Waals surface area contributed by atoms with Crippen LogP contribution in [0, 0.1) is 29.4 Å². The van der Waals surface area contributed by atoms with Crippen LogP contribution in [0.2, 0.25) is 0 Å². The molecule has 6 atom stereocenters. The predicted octanol–water partition coefficient (Wildman–Crippen LogP) is 4.94. The van der Waals surface area contributed by atoms with Crippen molar-refractivity contribution in [2.75, 3.05) is 51.3 Å². The molecule has 8 nitrogen and oxygen atoms in total. The molecule has 5 saturated heterocycles. The first-order chi connectivity index (χ1) is 24.1. The van der Waals surface area contributed by atoms with Crippen LogP contribution < -0.4 is 15.0 Å². The standard InChI is InChI=1S/C40H48F2N6O2/c1-5-29-33(41)9-6-23-12-28(49)14-31(34(23)29)35-30(22(2)3)15-32-37(36(35)42)44-39(45-38(32)48-16-24-7-8-25(17-48)43-24)50-21-40(10-11-40)20-47-18-26-13-27(19-47)46(26)4/h1,6,9,15,22,24-28,31,43,49H,7-8,10-14,16-21H2,2-4H3/t24?,25?,26?,27?,28-,31?/m1/s1. The maximum Gasteiger partial charge on any atom is 0.319 e. The second-order valence-electron chi connectivity index (χ2n) is 16.6. The highest BCUT2D eigenvalue weighted by Crippen LogP contribution is 2.49. The van der Waals surface area contributed by atoms with Crippen molar-refractivity contribution in [3.05, 3.63) is 57.7 Å². The summed E-state index contributed by atoms with van der Waals surface area (Å²) < 4.78 is 39.3. The van der Waals surface area contributed by atoms with E-state index >= 15 is 8.78 Å². The number of likely N-dealkylation sites (N-methyl/N-ethyl adjacent to an activating group) is 1. The van der Waals surface area contributed by atoms with Gasteiger partial charge in [0.1, 0.15) is 17.2 Å². The van der Waals surface area contributed by atoms with Gasteiger partial charge in [0.25, 0.3) is 0 Å². The van der Waals surface area contributed by atoms with Crippen molar-refractivity contribution in [2.24, 2.45) is 5.41 Å². The van der Waals surface area contributed by atoms with Gasteiger partial charge in [-0.25, -0.2) is 8.78 Å². The fourth-order valence-corrected chi connectivity index (χ4v) is 9.91. The number of piperazine rings is 2. The van der Waals surface area contributed by atoms with E-state index in [4.69, 9.17) is 21.1 Å². The van der Waals surface area contributed by atoms with E-state index in [0.29, 0.717) is 59.5 Å². The lowest BCUT2D eigenvalue weighted by Crippen LogP contribution is -2.67. The van der Waals surface area contributed by atoms with Crippen molar-refractivity contribution < 1.29 is 18.6 Å². The minimum Gasteiger partial charge on any atom is -0.463 e. The fraction of sp³-hybridized carbons (Fsp3) is 0.600. The average molecular weight is 683 g/mol. The van der Waals surface area contributed by atoms with Crippen LogP contribution in [-0.4, -0.2) is 102 Å². The van der Waals surface area contributed by atoms with Crippen molar-refractivity contribution in [3.63, 3.8) is 0 Å². The van der Waals surface area contributed by atoms with Gasteiger partial charge >= 0.3 is 6.01 Å². The Morgan fingerprint density at radius 3 is 2.46 bits per heavy atom. The molecule has 6 fully saturated rings. The molecule has 10 rings (SSSR count). The summed E-state index contributed by atoms with van der Waals surface area (Å²) in [6, 6.07) is 7.31. The van der Waals surface area contributed by atoms with Gasteiger partial charge in [0.15, 0.2) is 5.82 Å². The Kier molecular flexibility index (Phi) is 7.89. The molecule has 0 radical (unpaired) electrons. The molecule has 2 aromatic carbocycles. The number of halogens is 2. The number of ether oxygens (including phenoxy) is 1. The molecule has 10 heteroatoms.